The first-order chi connectivity index (χ1) is 6.30. The summed E-state index contributed by atoms with van der Waals surface area (Å²) in [6, 6.07) is 0. The van der Waals surface area contributed by atoms with Crippen LogP contribution in [0, 0.1) is 17.8 Å². The van der Waals surface area contributed by atoms with E-state index in [1.54, 1.807) is 0 Å². The van der Waals surface area contributed by atoms with Crippen molar-refractivity contribution in [2.24, 2.45) is 17.8 Å². The topological polar surface area (TPSA) is 26.3 Å². The van der Waals surface area contributed by atoms with Crippen LogP contribution in [-0.4, -0.2) is 12.1 Å². The van der Waals surface area contributed by atoms with Gasteiger partial charge in [-0.3, -0.25) is 4.79 Å². The Morgan fingerprint density at radius 1 is 1.07 bits per heavy atom. The number of ether oxygens (including phenoxy) is 1. The molecule has 4 rings (SSSR count). The molecule has 3 heteroatoms. The zero-order valence-corrected chi connectivity index (χ0v) is 12.0. The average molecular weight is 220 g/mol. The van der Waals surface area contributed by atoms with Gasteiger partial charge in [0.2, 0.25) is 0 Å². The van der Waals surface area contributed by atoms with Gasteiger partial charge in [0.15, 0.2) is 0 Å². The predicted octanol–water partition coefficient (Wildman–Crippen LogP) is -0.755. The Balaban J connectivity index is 0.000000562. The molecule has 0 aromatic carbocycles. The van der Waals surface area contributed by atoms with Gasteiger partial charge in [-0.15, -0.1) is 0 Å². The van der Waals surface area contributed by atoms with Crippen molar-refractivity contribution in [2.75, 3.05) is 0 Å². The van der Waals surface area contributed by atoms with Gasteiger partial charge in [0, 0.05) is 0 Å². The molecule has 4 bridgehead atoms. The van der Waals surface area contributed by atoms with Crippen molar-refractivity contribution in [1.29, 1.82) is 0 Å². The molecular weight excluding hydrogens is 203 g/mol. The molecule has 0 aromatic rings. The maximum atomic E-state index is 10.5. The third-order valence-electron chi connectivity index (χ3n) is 4.28. The molecule has 0 aromatic heterocycles. The van der Waals surface area contributed by atoms with Crippen LogP contribution in [0.25, 0.3) is 0 Å². The largest absolute Gasteiger partial charge is 1.00 e. The van der Waals surface area contributed by atoms with Gasteiger partial charge in [-0.1, -0.05) is 0 Å². The summed E-state index contributed by atoms with van der Waals surface area (Å²) in [5, 5.41) is 0. The molecule has 0 unspecified atom stereocenters. The Morgan fingerprint density at radius 2 is 1.50 bits per heavy atom. The van der Waals surface area contributed by atoms with E-state index >= 15 is 0 Å². The molecule has 0 spiro atoms. The standard InChI is InChI=1S/C11H16O2.K.H/c12-7-13-11-4-8-1-9(5-11)3-10(2-8)6-11;;/h7-10H,1-6H2;;/q;+1;-1. The molecule has 0 atom stereocenters. The molecule has 0 N–H and O–H groups in total. The van der Waals surface area contributed by atoms with Gasteiger partial charge in [0.1, 0.15) is 5.60 Å². The number of hydrogen-bond acceptors (Lipinski definition) is 2. The van der Waals surface area contributed by atoms with Crippen molar-refractivity contribution in [3.8, 4) is 0 Å². The van der Waals surface area contributed by atoms with Gasteiger partial charge in [0.25, 0.3) is 6.47 Å². The molecule has 0 heterocycles. The number of rotatable bonds is 2. The van der Waals surface area contributed by atoms with E-state index in [0.717, 1.165) is 37.0 Å². The summed E-state index contributed by atoms with van der Waals surface area (Å²) in [4.78, 5) is 10.5. The molecule has 0 saturated heterocycles. The fraction of sp³-hybridized carbons (Fsp3) is 0.909. The summed E-state index contributed by atoms with van der Waals surface area (Å²) >= 11 is 0. The Hall–Kier alpha value is 1.11. The van der Waals surface area contributed by atoms with Crippen molar-refractivity contribution in [2.45, 2.75) is 44.1 Å². The average Bonchev–Trinajstić information content (AvgIpc) is 2.00. The van der Waals surface area contributed by atoms with Crippen molar-refractivity contribution >= 4 is 6.47 Å². The molecule has 4 aliphatic rings. The molecule has 4 aliphatic carbocycles. The first-order valence-electron chi connectivity index (χ1n) is 5.41. The zero-order chi connectivity index (χ0) is 8.89. The minimum absolute atomic E-state index is 0. The summed E-state index contributed by atoms with van der Waals surface area (Å²) in [7, 11) is 0. The predicted molar refractivity (Wildman–Crippen MR) is 49.2 cm³/mol. The summed E-state index contributed by atoms with van der Waals surface area (Å²) in [5.74, 6) is 2.60. The van der Waals surface area contributed by atoms with E-state index in [-0.39, 0.29) is 58.4 Å². The maximum Gasteiger partial charge on any atom is 1.00 e. The first kappa shape index (κ1) is 11.6. The molecule has 4 saturated carbocycles. The fourth-order valence-corrected chi connectivity index (χ4v) is 4.28. The van der Waals surface area contributed by atoms with Crippen LogP contribution in [-0.2, 0) is 9.53 Å². The number of hydrogen-bond donors (Lipinski definition) is 0. The normalized spacial score (nSPS) is 48.4. The summed E-state index contributed by atoms with van der Waals surface area (Å²) in [5.41, 5.74) is -0.0174. The third kappa shape index (κ3) is 1.86. The van der Waals surface area contributed by atoms with Crippen LogP contribution in [0.4, 0.5) is 0 Å². The minimum Gasteiger partial charge on any atom is -1.00 e. The Bertz CT molecular complexity index is 209. The first-order valence-corrected chi connectivity index (χ1v) is 5.41. The van der Waals surface area contributed by atoms with Gasteiger partial charge in [-0.25, -0.2) is 0 Å². The quantitative estimate of drug-likeness (QED) is 0.452. The zero-order valence-electron chi connectivity index (χ0n) is 9.87. The van der Waals surface area contributed by atoms with E-state index in [4.69, 9.17) is 4.74 Å². The summed E-state index contributed by atoms with van der Waals surface area (Å²) in [6.45, 7) is 0.674. The van der Waals surface area contributed by atoms with E-state index in [1.807, 2.05) is 0 Å². The molecule has 0 radical (unpaired) electrons. The molecule has 0 amide bonds. The fourth-order valence-electron chi connectivity index (χ4n) is 4.28. The number of carbonyl (C=O) groups excluding carboxylic acids is 1. The van der Waals surface area contributed by atoms with Gasteiger partial charge in [0.05, 0.1) is 0 Å². The van der Waals surface area contributed by atoms with Gasteiger partial charge in [-0.2, -0.15) is 0 Å². The second-order valence-electron chi connectivity index (χ2n) is 5.31. The minimum atomic E-state index is -0.0174. The van der Waals surface area contributed by atoms with Crippen LogP contribution >= 0.6 is 0 Å². The van der Waals surface area contributed by atoms with E-state index in [2.05, 4.69) is 0 Å². The van der Waals surface area contributed by atoms with Gasteiger partial charge in [-0.05, 0) is 56.3 Å². The summed E-state index contributed by atoms with van der Waals surface area (Å²) in [6.07, 6.45) is 7.66. The molecular formula is C11H17KO2. The van der Waals surface area contributed by atoms with Crippen LogP contribution in [0.2, 0.25) is 0 Å². The van der Waals surface area contributed by atoms with E-state index in [1.165, 1.54) is 19.3 Å². The maximum absolute atomic E-state index is 10.5. The Kier molecular flexibility index (Phi) is 3.45. The number of carbonyl (C=O) groups is 1. The van der Waals surface area contributed by atoms with Crippen molar-refractivity contribution in [3.05, 3.63) is 0 Å². The Morgan fingerprint density at radius 3 is 1.86 bits per heavy atom. The van der Waals surface area contributed by atoms with Crippen molar-refractivity contribution in [1.82, 2.24) is 0 Å². The van der Waals surface area contributed by atoms with Crippen LogP contribution in [0.1, 0.15) is 40.0 Å². The Labute approximate surface area is 129 Å². The summed E-state index contributed by atoms with van der Waals surface area (Å²) < 4.78 is 5.36. The van der Waals surface area contributed by atoms with Crippen LogP contribution in [0.5, 0.6) is 0 Å². The third-order valence-corrected chi connectivity index (χ3v) is 4.28. The van der Waals surface area contributed by atoms with Crippen LogP contribution in [0.3, 0.4) is 0 Å². The molecule has 14 heavy (non-hydrogen) atoms. The van der Waals surface area contributed by atoms with Crippen molar-refractivity contribution in [3.63, 3.8) is 0 Å². The van der Waals surface area contributed by atoms with E-state index in [9.17, 15) is 4.79 Å². The second kappa shape index (κ2) is 4.17. The smallest absolute Gasteiger partial charge is 1.00 e. The molecule has 74 valence electrons. The molecule has 4 fully saturated rings. The van der Waals surface area contributed by atoms with E-state index < -0.39 is 0 Å². The second-order valence-corrected chi connectivity index (χ2v) is 5.31. The molecule has 2 nitrogen and oxygen atoms in total. The monoisotopic (exact) mass is 220 g/mol. The van der Waals surface area contributed by atoms with E-state index in [0.29, 0.717) is 6.47 Å². The van der Waals surface area contributed by atoms with Gasteiger partial charge < -0.3 is 6.16 Å². The van der Waals surface area contributed by atoms with Crippen molar-refractivity contribution < 1.29 is 62.3 Å². The molecule has 0 aliphatic heterocycles. The van der Waals surface area contributed by atoms with Gasteiger partial charge >= 0.3 is 51.4 Å². The SMILES string of the molecule is O=COC12CC3CC(CC(C3)C1)C2.[H-].[K+]. The van der Waals surface area contributed by atoms with Crippen LogP contribution in [0.15, 0.2) is 0 Å². The van der Waals surface area contributed by atoms with Crippen LogP contribution < -0.4 is 51.4 Å².